The Bertz CT molecular complexity index is 1110. The summed E-state index contributed by atoms with van der Waals surface area (Å²) in [5.74, 6) is -3.17. The molecular weight excluding hydrogens is 379 g/mol. The molecular formula is C16H11FN4O5S. The fourth-order valence-corrected chi connectivity index (χ4v) is 3.11. The second-order valence-electron chi connectivity index (χ2n) is 5.24. The molecule has 0 unspecified atom stereocenters. The lowest BCUT2D eigenvalue weighted by molar-refractivity contribution is 0.0695. The van der Waals surface area contributed by atoms with Crippen molar-refractivity contribution in [3.63, 3.8) is 0 Å². The second kappa shape index (κ2) is 6.96. The molecule has 138 valence electrons. The molecule has 3 rings (SSSR count). The van der Waals surface area contributed by atoms with Crippen LogP contribution in [0.1, 0.15) is 20.8 Å². The van der Waals surface area contributed by atoms with Gasteiger partial charge >= 0.3 is 5.97 Å². The number of nitrogens with one attached hydrogen (secondary N) is 1. The molecule has 0 aliphatic carbocycles. The molecule has 9 nitrogen and oxygen atoms in total. The standard InChI is InChI=1S/C16H11FN4O5S/c17-12-8-11(3-5-14(12)21-7-1-6-19-21)27(25,26)20-15(22)13-4-2-10(9-18-13)16(23)24/h1-9H,(H,20,22)(H,23,24). The molecule has 0 fully saturated rings. The third-order valence-electron chi connectivity index (χ3n) is 3.45. The van der Waals surface area contributed by atoms with Crippen LogP contribution in [0.3, 0.4) is 0 Å². The van der Waals surface area contributed by atoms with Crippen molar-refractivity contribution in [2.75, 3.05) is 0 Å². The number of aromatic nitrogens is 3. The molecule has 2 heterocycles. The van der Waals surface area contributed by atoms with Gasteiger partial charge in [0, 0.05) is 18.6 Å². The van der Waals surface area contributed by atoms with Gasteiger partial charge < -0.3 is 5.11 Å². The predicted molar refractivity (Wildman–Crippen MR) is 89.4 cm³/mol. The summed E-state index contributed by atoms with van der Waals surface area (Å²) in [4.78, 5) is 25.9. The highest BCUT2D eigenvalue weighted by Gasteiger charge is 2.21. The summed E-state index contributed by atoms with van der Waals surface area (Å²) in [6, 6.07) is 6.84. The topological polar surface area (TPSA) is 131 Å². The summed E-state index contributed by atoms with van der Waals surface area (Å²) in [6.07, 6.45) is 3.84. The number of halogens is 1. The van der Waals surface area contributed by atoms with Gasteiger partial charge in [-0.1, -0.05) is 0 Å². The van der Waals surface area contributed by atoms with Crippen LogP contribution in [-0.4, -0.2) is 40.2 Å². The van der Waals surface area contributed by atoms with E-state index in [4.69, 9.17) is 5.11 Å². The predicted octanol–water partition coefficient (Wildman–Crippen LogP) is 1.22. The summed E-state index contributed by atoms with van der Waals surface area (Å²) in [7, 11) is -4.37. The normalized spacial score (nSPS) is 11.1. The van der Waals surface area contributed by atoms with E-state index in [1.807, 2.05) is 0 Å². The van der Waals surface area contributed by atoms with E-state index in [1.54, 1.807) is 10.8 Å². The number of amides is 1. The van der Waals surface area contributed by atoms with E-state index in [1.165, 1.54) is 23.1 Å². The Kier molecular flexibility index (Phi) is 4.69. The number of hydrogen-bond acceptors (Lipinski definition) is 6. The largest absolute Gasteiger partial charge is 0.478 e. The average Bonchev–Trinajstić information content (AvgIpc) is 3.15. The Hall–Kier alpha value is -3.60. The van der Waals surface area contributed by atoms with Crippen LogP contribution in [0.2, 0.25) is 0 Å². The highest BCUT2D eigenvalue weighted by atomic mass is 32.2. The van der Waals surface area contributed by atoms with Crippen molar-refractivity contribution in [1.82, 2.24) is 19.5 Å². The Labute approximate surface area is 152 Å². The van der Waals surface area contributed by atoms with Crippen LogP contribution in [0.5, 0.6) is 0 Å². The van der Waals surface area contributed by atoms with Crippen molar-refractivity contribution in [3.8, 4) is 5.69 Å². The second-order valence-corrected chi connectivity index (χ2v) is 6.92. The minimum atomic E-state index is -4.37. The van der Waals surface area contributed by atoms with Crippen molar-refractivity contribution < 1.29 is 27.5 Å². The first kappa shape index (κ1) is 18.2. The maximum atomic E-state index is 14.2. The maximum Gasteiger partial charge on any atom is 0.337 e. The zero-order valence-electron chi connectivity index (χ0n) is 13.4. The minimum absolute atomic E-state index is 0.0382. The Morgan fingerprint density at radius 1 is 1.19 bits per heavy atom. The van der Waals surface area contributed by atoms with Crippen LogP contribution in [0.25, 0.3) is 5.69 Å². The van der Waals surface area contributed by atoms with Crippen LogP contribution in [0, 0.1) is 5.82 Å². The lowest BCUT2D eigenvalue weighted by atomic mass is 10.2. The van der Waals surface area contributed by atoms with E-state index in [0.29, 0.717) is 0 Å². The van der Waals surface area contributed by atoms with Gasteiger partial charge in [-0.15, -0.1) is 0 Å². The monoisotopic (exact) mass is 390 g/mol. The Morgan fingerprint density at radius 2 is 1.96 bits per heavy atom. The zero-order chi connectivity index (χ0) is 19.6. The first-order valence-electron chi connectivity index (χ1n) is 7.34. The van der Waals surface area contributed by atoms with Crippen molar-refractivity contribution in [3.05, 3.63) is 72.1 Å². The minimum Gasteiger partial charge on any atom is -0.478 e. The summed E-state index contributed by atoms with van der Waals surface area (Å²) < 4.78 is 41.8. The van der Waals surface area contributed by atoms with E-state index in [0.717, 1.165) is 30.5 Å². The number of pyridine rings is 1. The molecule has 0 atom stereocenters. The smallest absolute Gasteiger partial charge is 0.337 e. The Morgan fingerprint density at radius 3 is 2.52 bits per heavy atom. The van der Waals surface area contributed by atoms with Crippen LogP contribution >= 0.6 is 0 Å². The van der Waals surface area contributed by atoms with Crippen molar-refractivity contribution in [1.29, 1.82) is 0 Å². The number of nitrogens with zero attached hydrogens (tertiary/aromatic N) is 3. The third-order valence-corrected chi connectivity index (χ3v) is 4.78. The molecule has 1 aromatic carbocycles. The molecule has 3 aromatic rings. The van der Waals surface area contributed by atoms with Gasteiger partial charge in [0.25, 0.3) is 15.9 Å². The number of aromatic carboxylic acids is 1. The van der Waals surface area contributed by atoms with E-state index >= 15 is 0 Å². The number of carbonyl (C=O) groups is 2. The highest BCUT2D eigenvalue weighted by molar-refractivity contribution is 7.90. The SMILES string of the molecule is O=C(O)c1ccc(C(=O)NS(=O)(=O)c2ccc(-n3cccn3)c(F)c2)nc1. The molecule has 0 radical (unpaired) electrons. The number of carboxylic acids is 1. The number of sulfonamides is 1. The molecule has 0 aliphatic heterocycles. The highest BCUT2D eigenvalue weighted by Crippen LogP contribution is 2.18. The van der Waals surface area contributed by atoms with E-state index in [-0.39, 0.29) is 16.9 Å². The van der Waals surface area contributed by atoms with E-state index in [9.17, 15) is 22.4 Å². The van der Waals surface area contributed by atoms with E-state index in [2.05, 4.69) is 10.1 Å². The molecule has 0 bridgehead atoms. The van der Waals surface area contributed by atoms with Crippen LogP contribution in [0.15, 0.2) is 59.9 Å². The fraction of sp³-hybridized carbons (Fsp3) is 0. The summed E-state index contributed by atoms with van der Waals surface area (Å²) in [5, 5.41) is 12.6. The van der Waals surface area contributed by atoms with Gasteiger partial charge in [0.05, 0.1) is 10.5 Å². The molecule has 2 N–H and O–H groups in total. The number of carbonyl (C=O) groups excluding carboxylic acids is 1. The van der Waals surface area contributed by atoms with Crippen LogP contribution in [0.4, 0.5) is 4.39 Å². The third kappa shape index (κ3) is 3.82. The maximum absolute atomic E-state index is 14.2. The first-order chi connectivity index (χ1) is 12.8. The summed E-state index contributed by atoms with van der Waals surface area (Å²) in [5.41, 5.74) is -0.431. The zero-order valence-corrected chi connectivity index (χ0v) is 14.2. The van der Waals surface area contributed by atoms with Gasteiger partial charge in [0.15, 0.2) is 0 Å². The quantitative estimate of drug-likeness (QED) is 0.670. The molecule has 27 heavy (non-hydrogen) atoms. The van der Waals surface area contributed by atoms with Gasteiger partial charge in [-0.3, -0.25) is 9.78 Å². The van der Waals surface area contributed by atoms with Crippen LogP contribution in [-0.2, 0) is 10.0 Å². The number of hydrogen-bond donors (Lipinski definition) is 2. The van der Waals surface area contributed by atoms with E-state index < -0.39 is 32.6 Å². The average molecular weight is 390 g/mol. The lowest BCUT2D eigenvalue weighted by Crippen LogP contribution is -2.31. The Balaban J connectivity index is 1.83. The van der Waals surface area contributed by atoms with Gasteiger partial charge in [0.1, 0.15) is 17.2 Å². The molecule has 0 saturated carbocycles. The van der Waals surface area contributed by atoms with Gasteiger partial charge in [-0.2, -0.15) is 5.10 Å². The summed E-state index contributed by atoms with van der Waals surface area (Å²) >= 11 is 0. The van der Waals surface area contributed by atoms with Crippen molar-refractivity contribution in [2.45, 2.75) is 4.90 Å². The van der Waals surface area contributed by atoms with Crippen molar-refractivity contribution >= 4 is 21.9 Å². The summed E-state index contributed by atoms with van der Waals surface area (Å²) in [6.45, 7) is 0. The first-order valence-corrected chi connectivity index (χ1v) is 8.82. The van der Waals surface area contributed by atoms with Crippen molar-refractivity contribution in [2.24, 2.45) is 0 Å². The molecule has 1 amide bonds. The number of carboxylic acid groups (broad SMARTS) is 1. The lowest BCUT2D eigenvalue weighted by Gasteiger charge is -2.09. The molecule has 0 aliphatic rings. The van der Waals surface area contributed by atoms with Gasteiger partial charge in [0.2, 0.25) is 0 Å². The molecule has 0 saturated heterocycles. The van der Waals surface area contributed by atoms with Gasteiger partial charge in [-0.25, -0.2) is 27.0 Å². The molecule has 11 heteroatoms. The number of benzene rings is 1. The fourth-order valence-electron chi connectivity index (χ4n) is 2.14. The molecule has 2 aromatic heterocycles. The van der Waals surface area contributed by atoms with Crippen LogP contribution < -0.4 is 4.72 Å². The van der Waals surface area contributed by atoms with Gasteiger partial charge in [-0.05, 0) is 36.4 Å². The number of rotatable bonds is 5. The molecule has 0 spiro atoms.